The Morgan fingerprint density at radius 2 is 1.81 bits per heavy atom. The molecule has 0 bridgehead atoms. The van der Waals surface area contributed by atoms with Crippen molar-refractivity contribution in [2.75, 3.05) is 11.1 Å². The number of benzene rings is 2. The van der Waals surface area contributed by atoms with Gasteiger partial charge >= 0.3 is 0 Å². The van der Waals surface area contributed by atoms with Crippen molar-refractivity contribution in [3.05, 3.63) is 76.4 Å². The summed E-state index contributed by atoms with van der Waals surface area (Å²) >= 11 is 8.83. The number of halogens is 1. The second-order valence-corrected chi connectivity index (χ2v) is 10.5. The summed E-state index contributed by atoms with van der Waals surface area (Å²) in [6.07, 6.45) is 0. The van der Waals surface area contributed by atoms with E-state index in [-0.39, 0.29) is 29.5 Å². The first-order valence-electron chi connectivity index (χ1n) is 11.2. The van der Waals surface area contributed by atoms with Gasteiger partial charge in [-0.2, -0.15) is 0 Å². The summed E-state index contributed by atoms with van der Waals surface area (Å²) in [5, 5.41) is 17.8. The topological polar surface area (TPSA) is 102 Å². The van der Waals surface area contributed by atoms with Gasteiger partial charge < -0.3 is 15.2 Å². The van der Waals surface area contributed by atoms with Crippen LogP contribution in [0.3, 0.4) is 0 Å². The Morgan fingerprint density at radius 1 is 1.08 bits per heavy atom. The average molecular weight is 541 g/mol. The summed E-state index contributed by atoms with van der Waals surface area (Å²) < 4.78 is 1.80. The number of rotatable bonds is 9. The second-order valence-electron chi connectivity index (χ2n) is 8.32. The SMILES string of the molecule is CC(C)[C@H](NC(=O)c1ccccc1Cl)c1nnc(SCC(=O)Nc2nc(-c3ccccc3)cs2)n1C. The van der Waals surface area contributed by atoms with Gasteiger partial charge in [0.05, 0.1) is 28.1 Å². The first-order chi connectivity index (χ1) is 17.3. The standard InChI is InChI=1S/C25H25ClN6O2S2/c1-15(2)21(29-23(34)17-11-7-8-12-18(17)26)22-30-31-25(32(22)3)36-14-20(33)28-24-27-19(13-35-24)16-9-5-4-6-10-16/h4-13,15,21H,14H2,1-3H3,(H,29,34)(H,27,28,33)/t21-/m0/s1. The number of hydrogen-bond donors (Lipinski definition) is 2. The molecule has 0 unspecified atom stereocenters. The molecule has 0 fully saturated rings. The molecule has 0 aliphatic heterocycles. The van der Waals surface area contributed by atoms with Gasteiger partial charge in [0.2, 0.25) is 5.91 Å². The Labute approximate surface area is 222 Å². The van der Waals surface area contributed by atoms with Crippen molar-refractivity contribution in [2.24, 2.45) is 13.0 Å². The van der Waals surface area contributed by atoms with Crippen molar-refractivity contribution >= 4 is 51.6 Å². The maximum absolute atomic E-state index is 12.8. The van der Waals surface area contributed by atoms with Gasteiger partial charge in [0, 0.05) is 18.0 Å². The van der Waals surface area contributed by atoms with E-state index in [4.69, 9.17) is 11.6 Å². The maximum atomic E-state index is 12.8. The molecule has 186 valence electrons. The molecular weight excluding hydrogens is 516 g/mol. The van der Waals surface area contributed by atoms with Crippen LogP contribution in [0.1, 0.15) is 36.1 Å². The first-order valence-corrected chi connectivity index (χ1v) is 13.5. The molecule has 0 aliphatic rings. The van der Waals surface area contributed by atoms with Crippen LogP contribution in [0.2, 0.25) is 5.02 Å². The molecule has 36 heavy (non-hydrogen) atoms. The smallest absolute Gasteiger partial charge is 0.253 e. The molecular formula is C25H25ClN6O2S2. The number of thioether (sulfide) groups is 1. The number of anilines is 1. The Morgan fingerprint density at radius 3 is 2.53 bits per heavy atom. The summed E-state index contributed by atoms with van der Waals surface area (Å²) in [5.74, 6) is 0.315. The normalized spacial score (nSPS) is 11.9. The van der Waals surface area contributed by atoms with Crippen LogP contribution in [-0.4, -0.2) is 37.3 Å². The highest BCUT2D eigenvalue weighted by molar-refractivity contribution is 7.99. The third-order valence-electron chi connectivity index (χ3n) is 5.37. The van der Waals surface area contributed by atoms with Gasteiger partial charge in [0.15, 0.2) is 16.1 Å². The number of carbonyl (C=O) groups is 2. The Kier molecular flexibility index (Phi) is 8.40. The number of nitrogens with one attached hydrogen (secondary N) is 2. The first kappa shape index (κ1) is 25.9. The fourth-order valence-electron chi connectivity index (χ4n) is 3.47. The molecule has 0 saturated heterocycles. The Balaban J connectivity index is 1.38. The number of amides is 2. The van der Waals surface area contributed by atoms with E-state index in [1.807, 2.05) is 56.6 Å². The van der Waals surface area contributed by atoms with E-state index in [0.29, 0.717) is 26.7 Å². The van der Waals surface area contributed by atoms with E-state index in [0.717, 1.165) is 11.3 Å². The van der Waals surface area contributed by atoms with Crippen LogP contribution in [-0.2, 0) is 11.8 Å². The minimum absolute atomic E-state index is 0.0456. The van der Waals surface area contributed by atoms with Crippen molar-refractivity contribution in [1.82, 2.24) is 25.1 Å². The zero-order chi connectivity index (χ0) is 25.7. The zero-order valence-electron chi connectivity index (χ0n) is 19.9. The van der Waals surface area contributed by atoms with Crippen LogP contribution in [0, 0.1) is 5.92 Å². The molecule has 11 heteroatoms. The summed E-state index contributed by atoms with van der Waals surface area (Å²) in [5.41, 5.74) is 2.22. The Bertz CT molecular complexity index is 1360. The zero-order valence-corrected chi connectivity index (χ0v) is 22.3. The van der Waals surface area contributed by atoms with E-state index in [1.54, 1.807) is 28.8 Å². The fraction of sp³-hybridized carbons (Fsp3) is 0.240. The number of nitrogens with zero attached hydrogens (tertiary/aromatic N) is 4. The highest BCUT2D eigenvalue weighted by Gasteiger charge is 2.26. The van der Waals surface area contributed by atoms with Gasteiger partial charge in [-0.25, -0.2) is 4.98 Å². The molecule has 4 rings (SSSR count). The van der Waals surface area contributed by atoms with Crippen LogP contribution in [0.15, 0.2) is 65.1 Å². The quantitative estimate of drug-likeness (QED) is 0.274. The monoisotopic (exact) mass is 540 g/mol. The van der Waals surface area contributed by atoms with Crippen molar-refractivity contribution in [3.8, 4) is 11.3 Å². The second kappa shape index (κ2) is 11.7. The molecule has 1 atom stereocenters. The average Bonchev–Trinajstić information content (AvgIpc) is 3.48. The number of aromatic nitrogens is 4. The predicted molar refractivity (Wildman–Crippen MR) is 144 cm³/mol. The van der Waals surface area contributed by atoms with E-state index in [1.165, 1.54) is 23.1 Å². The molecule has 2 amide bonds. The lowest BCUT2D eigenvalue weighted by Crippen LogP contribution is -2.33. The molecule has 8 nitrogen and oxygen atoms in total. The Hall–Kier alpha value is -3.21. The van der Waals surface area contributed by atoms with E-state index < -0.39 is 0 Å². The molecule has 2 aromatic carbocycles. The number of carbonyl (C=O) groups excluding carboxylic acids is 2. The van der Waals surface area contributed by atoms with Crippen LogP contribution in [0.25, 0.3) is 11.3 Å². The molecule has 4 aromatic rings. The van der Waals surface area contributed by atoms with E-state index in [2.05, 4.69) is 25.8 Å². The van der Waals surface area contributed by atoms with Crippen molar-refractivity contribution in [3.63, 3.8) is 0 Å². The lowest BCUT2D eigenvalue weighted by atomic mass is 10.0. The largest absolute Gasteiger partial charge is 0.342 e. The van der Waals surface area contributed by atoms with E-state index in [9.17, 15) is 9.59 Å². The predicted octanol–water partition coefficient (Wildman–Crippen LogP) is 5.45. The summed E-state index contributed by atoms with van der Waals surface area (Å²) in [7, 11) is 1.82. The molecule has 2 N–H and O–H groups in total. The fourth-order valence-corrected chi connectivity index (χ4v) is 5.15. The molecule has 0 saturated carbocycles. The summed E-state index contributed by atoms with van der Waals surface area (Å²) in [4.78, 5) is 29.9. The van der Waals surface area contributed by atoms with Gasteiger partial charge in [-0.15, -0.1) is 21.5 Å². The maximum Gasteiger partial charge on any atom is 0.253 e. The minimum atomic E-state index is -0.388. The van der Waals surface area contributed by atoms with Crippen LogP contribution in [0.5, 0.6) is 0 Å². The van der Waals surface area contributed by atoms with Gasteiger partial charge in [-0.05, 0) is 18.1 Å². The van der Waals surface area contributed by atoms with Crippen LogP contribution >= 0.6 is 34.7 Å². The van der Waals surface area contributed by atoms with E-state index >= 15 is 0 Å². The summed E-state index contributed by atoms with van der Waals surface area (Å²) in [6, 6.07) is 16.3. The number of hydrogen-bond acceptors (Lipinski definition) is 7. The molecule has 0 spiro atoms. The van der Waals surface area contributed by atoms with Crippen LogP contribution in [0.4, 0.5) is 5.13 Å². The van der Waals surface area contributed by atoms with Gasteiger partial charge in [-0.3, -0.25) is 9.59 Å². The third kappa shape index (κ3) is 6.13. The van der Waals surface area contributed by atoms with Crippen molar-refractivity contribution < 1.29 is 9.59 Å². The van der Waals surface area contributed by atoms with Crippen molar-refractivity contribution in [1.29, 1.82) is 0 Å². The van der Waals surface area contributed by atoms with Gasteiger partial charge in [-0.1, -0.05) is 79.7 Å². The highest BCUT2D eigenvalue weighted by Crippen LogP contribution is 2.27. The van der Waals surface area contributed by atoms with Gasteiger partial charge in [0.1, 0.15) is 0 Å². The molecule has 0 aliphatic carbocycles. The molecule has 0 radical (unpaired) electrons. The highest BCUT2D eigenvalue weighted by atomic mass is 35.5. The number of thiazole rings is 1. The summed E-state index contributed by atoms with van der Waals surface area (Å²) in [6.45, 7) is 3.98. The van der Waals surface area contributed by atoms with Crippen molar-refractivity contribution in [2.45, 2.75) is 25.0 Å². The minimum Gasteiger partial charge on any atom is -0.342 e. The third-order valence-corrected chi connectivity index (χ3v) is 7.48. The van der Waals surface area contributed by atoms with Crippen LogP contribution < -0.4 is 10.6 Å². The molecule has 2 aromatic heterocycles. The lowest BCUT2D eigenvalue weighted by Gasteiger charge is -2.22. The lowest BCUT2D eigenvalue weighted by molar-refractivity contribution is -0.113. The van der Waals surface area contributed by atoms with Gasteiger partial charge in [0.25, 0.3) is 5.91 Å². The molecule has 2 heterocycles.